The molecule has 118 valence electrons. The van der Waals surface area contributed by atoms with Crippen LogP contribution < -0.4 is 0 Å². The maximum Gasteiger partial charge on any atom is 0.313 e. The molecule has 0 bridgehead atoms. The zero-order valence-corrected chi connectivity index (χ0v) is 11.6. The molecule has 0 aliphatic carbocycles. The number of aliphatic hydroxyl groups excluding tert-OH is 4. The van der Waals surface area contributed by atoms with E-state index in [4.69, 9.17) is 14.2 Å². The molecule has 2 rings (SSSR count). The fourth-order valence-electron chi connectivity index (χ4n) is 2.22. The molecule has 4 N–H and O–H groups in total. The number of rotatable bonds is 5. The third-order valence-corrected chi connectivity index (χ3v) is 3.48. The smallest absolute Gasteiger partial charge is 0.313 e. The molecule has 1 saturated heterocycles. The first-order valence-electron chi connectivity index (χ1n) is 6.60. The Labute approximate surface area is 122 Å². The van der Waals surface area contributed by atoms with Crippen molar-refractivity contribution in [1.82, 2.24) is 0 Å². The van der Waals surface area contributed by atoms with Gasteiger partial charge in [-0.25, -0.2) is 0 Å². The lowest BCUT2D eigenvalue weighted by Gasteiger charge is -2.46. The van der Waals surface area contributed by atoms with E-state index in [1.54, 1.807) is 0 Å². The van der Waals surface area contributed by atoms with E-state index in [9.17, 15) is 20.4 Å². The third kappa shape index (κ3) is 3.24. The van der Waals surface area contributed by atoms with Crippen molar-refractivity contribution in [2.75, 3.05) is 13.7 Å². The number of aliphatic hydroxyl groups is 4. The zero-order valence-electron chi connectivity index (χ0n) is 11.6. The summed E-state index contributed by atoms with van der Waals surface area (Å²) in [6, 6.07) is 9.13. The molecule has 1 aromatic carbocycles. The van der Waals surface area contributed by atoms with E-state index in [2.05, 4.69) is 0 Å². The van der Waals surface area contributed by atoms with Crippen LogP contribution in [0, 0.1) is 0 Å². The molecule has 1 aliphatic rings. The molecule has 5 atom stereocenters. The second kappa shape index (κ2) is 6.80. The molecule has 7 nitrogen and oxygen atoms in total. The molecule has 21 heavy (non-hydrogen) atoms. The number of ether oxygens (including phenoxy) is 3. The Morgan fingerprint density at radius 2 is 1.81 bits per heavy atom. The van der Waals surface area contributed by atoms with Crippen molar-refractivity contribution in [2.45, 2.75) is 37.0 Å². The monoisotopic (exact) mass is 300 g/mol. The second-order valence-corrected chi connectivity index (χ2v) is 4.85. The summed E-state index contributed by atoms with van der Waals surface area (Å²) in [5, 5.41) is 38.8. The molecule has 0 unspecified atom stereocenters. The normalized spacial score (nSPS) is 36.6. The van der Waals surface area contributed by atoms with Crippen molar-refractivity contribution in [1.29, 1.82) is 0 Å². The molecule has 0 saturated carbocycles. The first-order chi connectivity index (χ1) is 10.0. The van der Waals surface area contributed by atoms with Gasteiger partial charge < -0.3 is 34.6 Å². The summed E-state index contributed by atoms with van der Waals surface area (Å²) in [7, 11) is 1.24. The quantitative estimate of drug-likeness (QED) is 0.515. The van der Waals surface area contributed by atoms with Crippen LogP contribution in [0.4, 0.5) is 0 Å². The van der Waals surface area contributed by atoms with Gasteiger partial charge in [-0.2, -0.15) is 0 Å². The predicted octanol–water partition coefficient (Wildman–Crippen LogP) is -1.02. The molecule has 7 heteroatoms. The predicted molar refractivity (Wildman–Crippen MR) is 71.0 cm³/mol. The Balaban J connectivity index is 2.14. The highest BCUT2D eigenvalue weighted by molar-refractivity contribution is 5.13. The maximum atomic E-state index is 10.1. The van der Waals surface area contributed by atoms with Crippen LogP contribution in [0.5, 0.6) is 0 Å². The molecule has 0 amide bonds. The number of benzene rings is 1. The van der Waals surface area contributed by atoms with E-state index in [1.165, 1.54) is 7.11 Å². The average molecular weight is 300 g/mol. The van der Waals surface area contributed by atoms with Crippen LogP contribution in [0.2, 0.25) is 0 Å². The number of hydrogen-bond donors (Lipinski definition) is 4. The summed E-state index contributed by atoms with van der Waals surface area (Å²) in [6.45, 7) is -0.489. The van der Waals surface area contributed by atoms with Gasteiger partial charge in [0.1, 0.15) is 18.3 Å². The van der Waals surface area contributed by atoms with Gasteiger partial charge in [0.25, 0.3) is 0 Å². The largest absolute Gasteiger partial charge is 0.394 e. The molecule has 1 aliphatic heterocycles. The minimum atomic E-state index is -1.96. The van der Waals surface area contributed by atoms with Crippen molar-refractivity contribution < 1.29 is 34.6 Å². The van der Waals surface area contributed by atoms with Crippen LogP contribution in [0.25, 0.3) is 0 Å². The van der Waals surface area contributed by atoms with Gasteiger partial charge in [-0.05, 0) is 5.56 Å². The summed E-state index contributed by atoms with van der Waals surface area (Å²) in [4.78, 5) is 0. The second-order valence-electron chi connectivity index (χ2n) is 4.85. The van der Waals surface area contributed by atoms with E-state index in [0.29, 0.717) is 0 Å². The van der Waals surface area contributed by atoms with Crippen molar-refractivity contribution in [2.24, 2.45) is 0 Å². The lowest BCUT2D eigenvalue weighted by atomic mass is 9.97. The highest BCUT2D eigenvalue weighted by Gasteiger charge is 2.55. The molecule has 1 aromatic rings. The SMILES string of the molecule is CO[C@@]1(OCc2ccccc2)O[C@H](CO)[C@H](O)[C@H](O)[C@H]1O. The Morgan fingerprint density at radius 3 is 2.38 bits per heavy atom. The topological polar surface area (TPSA) is 109 Å². The Morgan fingerprint density at radius 1 is 1.14 bits per heavy atom. The van der Waals surface area contributed by atoms with Crippen LogP contribution in [-0.4, -0.2) is 64.5 Å². The zero-order chi connectivity index (χ0) is 15.5. The van der Waals surface area contributed by atoms with E-state index in [-0.39, 0.29) is 6.61 Å². The summed E-state index contributed by atoms with van der Waals surface area (Å²) < 4.78 is 15.9. The van der Waals surface area contributed by atoms with Gasteiger partial charge in [-0.1, -0.05) is 30.3 Å². The van der Waals surface area contributed by atoms with Crippen LogP contribution in [0.1, 0.15) is 5.56 Å². The lowest BCUT2D eigenvalue weighted by Crippen LogP contribution is -2.66. The van der Waals surface area contributed by atoms with Crippen molar-refractivity contribution in [3.05, 3.63) is 35.9 Å². The molecular weight excluding hydrogens is 280 g/mol. The fourth-order valence-corrected chi connectivity index (χ4v) is 2.22. The molecular formula is C14H20O7. The van der Waals surface area contributed by atoms with Crippen molar-refractivity contribution >= 4 is 0 Å². The maximum absolute atomic E-state index is 10.1. The van der Waals surface area contributed by atoms with Gasteiger partial charge >= 0.3 is 5.97 Å². The summed E-state index contributed by atoms with van der Waals surface area (Å²) >= 11 is 0. The highest BCUT2D eigenvalue weighted by Crippen LogP contribution is 2.32. The molecule has 0 spiro atoms. The van der Waals surface area contributed by atoms with Gasteiger partial charge in [-0.3, -0.25) is 0 Å². The van der Waals surface area contributed by atoms with Gasteiger partial charge in [0.05, 0.1) is 13.2 Å². The number of methoxy groups -OCH3 is 1. The third-order valence-electron chi connectivity index (χ3n) is 3.48. The average Bonchev–Trinajstić information content (AvgIpc) is 2.53. The molecule has 0 radical (unpaired) electrons. The van der Waals surface area contributed by atoms with Crippen molar-refractivity contribution in [3.8, 4) is 0 Å². The van der Waals surface area contributed by atoms with Gasteiger partial charge in [0, 0.05) is 7.11 Å². The van der Waals surface area contributed by atoms with E-state index >= 15 is 0 Å². The van der Waals surface area contributed by atoms with Gasteiger partial charge in [0.2, 0.25) is 0 Å². The molecule has 0 aromatic heterocycles. The summed E-state index contributed by atoms with van der Waals surface area (Å²) in [5.41, 5.74) is 0.811. The first-order valence-corrected chi connectivity index (χ1v) is 6.60. The fraction of sp³-hybridized carbons (Fsp3) is 0.571. The van der Waals surface area contributed by atoms with Crippen LogP contribution in [-0.2, 0) is 20.8 Å². The Hall–Kier alpha value is -1.06. The standard InChI is InChI=1S/C14H20O7/c1-19-14(20-8-9-5-3-2-4-6-9)13(18)12(17)11(16)10(7-15)21-14/h2-6,10-13,15-18H,7-8H2,1H3/t10-,11+,12+,13-,14+/m1/s1. The van der Waals surface area contributed by atoms with E-state index in [1.807, 2.05) is 30.3 Å². The number of hydrogen-bond acceptors (Lipinski definition) is 7. The molecule has 1 fully saturated rings. The minimum absolute atomic E-state index is 0.0622. The van der Waals surface area contributed by atoms with Gasteiger partial charge in [-0.15, -0.1) is 0 Å². The van der Waals surface area contributed by atoms with Crippen LogP contribution in [0.15, 0.2) is 30.3 Å². The van der Waals surface area contributed by atoms with Crippen LogP contribution in [0.3, 0.4) is 0 Å². The summed E-state index contributed by atoms with van der Waals surface area (Å²) in [5.74, 6) is -1.96. The summed E-state index contributed by atoms with van der Waals surface area (Å²) in [6.07, 6.45) is -5.75. The first kappa shape index (κ1) is 16.3. The lowest BCUT2D eigenvalue weighted by molar-refractivity contribution is -0.458. The van der Waals surface area contributed by atoms with Crippen LogP contribution >= 0.6 is 0 Å². The van der Waals surface area contributed by atoms with Gasteiger partial charge in [0.15, 0.2) is 6.10 Å². The Kier molecular flexibility index (Phi) is 5.28. The highest BCUT2D eigenvalue weighted by atomic mass is 16.9. The van der Waals surface area contributed by atoms with E-state index in [0.717, 1.165) is 5.56 Å². The minimum Gasteiger partial charge on any atom is -0.394 e. The van der Waals surface area contributed by atoms with E-state index < -0.39 is 37.0 Å². The Bertz CT molecular complexity index is 438. The molecule has 1 heterocycles. The van der Waals surface area contributed by atoms with Crippen molar-refractivity contribution in [3.63, 3.8) is 0 Å².